The number of hydrazine groups is 1. The topological polar surface area (TPSA) is 88.9 Å². The molecule has 32 heavy (non-hydrogen) atoms. The van der Waals surface area contributed by atoms with Gasteiger partial charge in [-0.1, -0.05) is 29.3 Å². The lowest BCUT2D eigenvalue weighted by atomic mass is 10.1. The van der Waals surface area contributed by atoms with Gasteiger partial charge in [-0.05, 0) is 61.5 Å². The van der Waals surface area contributed by atoms with Gasteiger partial charge in [-0.15, -0.1) is 0 Å². The number of hydrogen-bond acceptors (Lipinski definition) is 5. The number of anilines is 1. The number of nitrogens with zero attached hydrogens (tertiary/aromatic N) is 1. The molecular formula is C23H16Cl2N2O5. The molecule has 7 nitrogen and oxygen atoms in total. The first-order valence-corrected chi connectivity index (χ1v) is 10.3. The number of rotatable bonds is 5. The second kappa shape index (κ2) is 8.90. The van der Waals surface area contributed by atoms with Crippen LogP contribution in [0.2, 0.25) is 10.0 Å². The lowest BCUT2D eigenvalue weighted by molar-refractivity contribution is -0.117. The van der Waals surface area contributed by atoms with E-state index in [4.69, 9.17) is 32.4 Å². The zero-order valence-electron chi connectivity index (χ0n) is 16.7. The minimum atomic E-state index is -0.566. The summed E-state index contributed by atoms with van der Waals surface area (Å²) >= 11 is 12.1. The molecule has 1 N–H and O–H groups in total. The van der Waals surface area contributed by atoms with Gasteiger partial charge in [-0.25, -0.2) is 9.80 Å². The Morgan fingerprint density at radius 1 is 1.12 bits per heavy atom. The molecule has 1 aromatic heterocycles. The summed E-state index contributed by atoms with van der Waals surface area (Å²) in [5, 5.41) is 1.81. The van der Waals surface area contributed by atoms with Crippen LogP contribution in [0.5, 0.6) is 0 Å². The highest BCUT2D eigenvalue weighted by molar-refractivity contribution is 6.34. The van der Waals surface area contributed by atoms with E-state index in [9.17, 15) is 14.4 Å². The Hall–Kier alpha value is -3.55. The van der Waals surface area contributed by atoms with E-state index in [0.29, 0.717) is 27.8 Å². The molecule has 162 valence electrons. The lowest BCUT2D eigenvalue weighted by Gasteiger charge is -2.14. The van der Waals surface area contributed by atoms with Crippen LogP contribution in [0.1, 0.15) is 23.0 Å². The molecule has 3 aromatic rings. The van der Waals surface area contributed by atoms with Gasteiger partial charge in [-0.2, -0.15) is 0 Å². The summed E-state index contributed by atoms with van der Waals surface area (Å²) in [5.74, 6) is -0.923. The molecule has 0 aliphatic carbocycles. The number of ether oxygens (including phenoxy) is 1. The third-order valence-corrected chi connectivity index (χ3v) is 5.18. The number of amides is 2. The normalized spacial score (nSPS) is 14.7. The number of benzene rings is 2. The highest BCUT2D eigenvalue weighted by atomic mass is 35.5. The molecule has 4 rings (SSSR count). The fraction of sp³-hybridized carbons (Fsp3) is 0.0870. The van der Waals surface area contributed by atoms with Crippen molar-refractivity contribution in [2.24, 2.45) is 0 Å². The molecule has 0 radical (unpaired) electrons. The Balaban J connectivity index is 1.60. The van der Waals surface area contributed by atoms with Crippen molar-refractivity contribution in [1.29, 1.82) is 0 Å². The average molecular weight is 471 g/mol. The van der Waals surface area contributed by atoms with Crippen LogP contribution in [-0.2, 0) is 14.3 Å². The van der Waals surface area contributed by atoms with Crippen molar-refractivity contribution in [3.8, 4) is 11.3 Å². The average Bonchev–Trinajstić information content (AvgIpc) is 3.34. The smallest absolute Gasteiger partial charge is 0.339 e. The van der Waals surface area contributed by atoms with Crippen molar-refractivity contribution in [1.82, 2.24) is 5.43 Å². The van der Waals surface area contributed by atoms with Gasteiger partial charge in [0.25, 0.3) is 11.8 Å². The largest absolute Gasteiger partial charge is 0.462 e. The first-order chi connectivity index (χ1) is 15.4. The van der Waals surface area contributed by atoms with Crippen molar-refractivity contribution in [2.75, 3.05) is 11.6 Å². The zero-order chi connectivity index (χ0) is 22.8. The molecule has 2 heterocycles. The number of hydrogen-bond donors (Lipinski definition) is 1. The van der Waals surface area contributed by atoms with E-state index in [2.05, 4.69) is 5.43 Å². The van der Waals surface area contributed by atoms with Gasteiger partial charge in [0.05, 0.1) is 22.9 Å². The van der Waals surface area contributed by atoms with Crippen molar-refractivity contribution in [2.45, 2.75) is 6.92 Å². The lowest BCUT2D eigenvalue weighted by Crippen LogP contribution is -2.35. The van der Waals surface area contributed by atoms with Crippen LogP contribution >= 0.6 is 23.2 Å². The number of halogens is 2. The summed E-state index contributed by atoms with van der Waals surface area (Å²) in [4.78, 5) is 37.2. The second-order valence-corrected chi connectivity index (χ2v) is 7.58. The van der Waals surface area contributed by atoms with Crippen molar-refractivity contribution in [3.63, 3.8) is 0 Å². The van der Waals surface area contributed by atoms with E-state index in [1.807, 2.05) is 0 Å². The van der Waals surface area contributed by atoms with E-state index >= 15 is 0 Å². The predicted octanol–water partition coefficient (Wildman–Crippen LogP) is 4.89. The number of carbonyl (C=O) groups is 3. The predicted molar refractivity (Wildman–Crippen MR) is 120 cm³/mol. The Bertz CT molecular complexity index is 1260. The second-order valence-electron chi connectivity index (χ2n) is 6.74. The van der Waals surface area contributed by atoms with Crippen LogP contribution < -0.4 is 10.4 Å². The third-order valence-electron chi connectivity index (χ3n) is 4.62. The Labute approximate surface area is 193 Å². The quantitative estimate of drug-likeness (QED) is 0.325. The Morgan fingerprint density at radius 3 is 2.69 bits per heavy atom. The fourth-order valence-electron chi connectivity index (χ4n) is 3.13. The number of furan rings is 1. The molecular weight excluding hydrogens is 455 g/mol. The van der Waals surface area contributed by atoms with Crippen molar-refractivity contribution >= 4 is 52.7 Å². The van der Waals surface area contributed by atoms with Crippen molar-refractivity contribution in [3.05, 3.63) is 81.5 Å². The third kappa shape index (κ3) is 4.26. The van der Waals surface area contributed by atoms with Crippen molar-refractivity contribution < 1.29 is 23.5 Å². The van der Waals surface area contributed by atoms with Crippen LogP contribution in [-0.4, -0.2) is 24.4 Å². The van der Waals surface area contributed by atoms with Gasteiger partial charge in [0, 0.05) is 10.6 Å². The molecule has 1 fully saturated rings. The number of nitrogens with one attached hydrogen (secondary N) is 1. The molecule has 1 aliphatic rings. The van der Waals surface area contributed by atoms with Gasteiger partial charge < -0.3 is 9.15 Å². The van der Waals surface area contributed by atoms with Gasteiger partial charge in [-0.3, -0.25) is 15.0 Å². The van der Waals surface area contributed by atoms with E-state index < -0.39 is 17.8 Å². The Morgan fingerprint density at radius 2 is 1.94 bits per heavy atom. The SMILES string of the molecule is CCOC(=O)c1cc(-c2ccc(/C=C3/C(=O)NN(c4cccc(Cl)c4)C3=O)o2)ccc1Cl. The van der Waals surface area contributed by atoms with E-state index in [1.165, 1.54) is 6.08 Å². The van der Waals surface area contributed by atoms with Crippen LogP contribution in [0.25, 0.3) is 17.4 Å². The van der Waals surface area contributed by atoms with Gasteiger partial charge in [0.1, 0.15) is 17.1 Å². The summed E-state index contributed by atoms with van der Waals surface area (Å²) < 4.78 is 10.8. The van der Waals surface area contributed by atoms with Gasteiger partial charge in [0.2, 0.25) is 0 Å². The monoisotopic (exact) mass is 470 g/mol. The van der Waals surface area contributed by atoms with Crippen LogP contribution in [0.3, 0.4) is 0 Å². The summed E-state index contributed by atoms with van der Waals surface area (Å²) in [6, 6.07) is 14.7. The van der Waals surface area contributed by atoms with Crippen LogP contribution in [0.4, 0.5) is 5.69 Å². The summed E-state index contributed by atoms with van der Waals surface area (Å²) in [6.07, 6.45) is 1.36. The van der Waals surface area contributed by atoms with Crippen LogP contribution in [0, 0.1) is 0 Å². The summed E-state index contributed by atoms with van der Waals surface area (Å²) in [5.41, 5.74) is 3.65. The molecule has 0 saturated carbocycles. The minimum absolute atomic E-state index is 0.0887. The Kier molecular flexibility index (Phi) is 6.03. The maximum absolute atomic E-state index is 12.8. The van der Waals surface area contributed by atoms with E-state index in [0.717, 1.165) is 5.01 Å². The number of carbonyl (C=O) groups excluding carboxylic acids is 3. The van der Waals surface area contributed by atoms with Gasteiger partial charge in [0.15, 0.2) is 0 Å². The molecule has 0 bridgehead atoms. The minimum Gasteiger partial charge on any atom is -0.462 e. The number of esters is 1. The molecule has 2 aromatic carbocycles. The molecule has 0 spiro atoms. The van der Waals surface area contributed by atoms with Crippen LogP contribution in [0.15, 0.2) is 64.6 Å². The maximum atomic E-state index is 12.8. The highest BCUT2D eigenvalue weighted by Crippen LogP contribution is 2.29. The molecule has 9 heteroatoms. The maximum Gasteiger partial charge on any atom is 0.339 e. The summed E-state index contributed by atoms with van der Waals surface area (Å²) in [7, 11) is 0. The van der Waals surface area contributed by atoms with Gasteiger partial charge >= 0.3 is 5.97 Å². The zero-order valence-corrected chi connectivity index (χ0v) is 18.2. The highest BCUT2D eigenvalue weighted by Gasteiger charge is 2.34. The molecule has 1 saturated heterocycles. The van der Waals surface area contributed by atoms with E-state index in [-0.39, 0.29) is 22.8 Å². The summed E-state index contributed by atoms with van der Waals surface area (Å²) in [6.45, 7) is 1.93. The first-order valence-electron chi connectivity index (χ1n) is 9.57. The first kappa shape index (κ1) is 21.7. The standard InChI is InChI=1S/C23H16Cl2N2O5/c1-2-31-23(30)17-10-13(6-8-19(17)25)20-9-7-16(32-20)12-18-21(28)26-27(22(18)29)15-5-3-4-14(24)11-15/h3-12H,2H2,1H3,(H,26,28)/b18-12-. The molecule has 2 amide bonds. The molecule has 0 atom stereocenters. The molecule has 1 aliphatic heterocycles. The fourth-order valence-corrected chi connectivity index (χ4v) is 3.51. The molecule has 0 unspecified atom stereocenters. The van der Waals surface area contributed by atoms with E-state index in [1.54, 1.807) is 61.5 Å².